The van der Waals surface area contributed by atoms with E-state index in [0.29, 0.717) is 0 Å². The van der Waals surface area contributed by atoms with Gasteiger partial charge in [-0.3, -0.25) is 0 Å². The zero-order valence-corrected chi connectivity index (χ0v) is 10.7. The maximum Gasteiger partial charge on any atom is 2.00 e. The van der Waals surface area contributed by atoms with Crippen molar-refractivity contribution in [3.8, 4) is 0 Å². The molecule has 0 aromatic carbocycles. The first-order valence-electron chi connectivity index (χ1n) is 0. The topological polar surface area (TPSA) is 31.5 Å². The quantitative estimate of drug-likeness (QED) is 0.381. The summed E-state index contributed by atoms with van der Waals surface area (Å²) in [5.74, 6) is 0. The van der Waals surface area contributed by atoms with Gasteiger partial charge in [0.25, 0.3) is 0 Å². The SMILES string of the molecule is O.[Ba+2].[H-].[H-].[H-].[Na+].[Ti]. The first kappa shape index (κ1) is 26.8. The molecule has 0 radical (unpaired) electrons. The molecule has 0 fully saturated rings. The molecule has 0 aliphatic rings. The van der Waals surface area contributed by atoms with E-state index in [2.05, 4.69) is 0 Å². The second-order valence-electron chi connectivity index (χ2n) is 0. The fourth-order valence-corrected chi connectivity index (χ4v) is 0. The van der Waals surface area contributed by atoms with Crippen LogP contribution in [0.25, 0.3) is 0 Å². The van der Waals surface area contributed by atoms with Crippen LogP contribution in [0.15, 0.2) is 0 Å². The van der Waals surface area contributed by atoms with Crippen LogP contribution < -0.4 is 29.6 Å². The molecule has 1 nitrogen and oxygen atoms in total. The van der Waals surface area contributed by atoms with E-state index < -0.39 is 0 Å². The van der Waals surface area contributed by atoms with Crippen molar-refractivity contribution >= 4 is 48.9 Å². The molecule has 0 aliphatic carbocycles. The van der Waals surface area contributed by atoms with Crippen molar-refractivity contribution in [2.45, 2.75) is 0 Å². The smallest absolute Gasteiger partial charge is 1.00 e. The van der Waals surface area contributed by atoms with E-state index in [1.54, 1.807) is 0 Å². The minimum atomic E-state index is 0. The minimum absolute atomic E-state index is 0. The van der Waals surface area contributed by atoms with Crippen molar-refractivity contribution in [2.75, 3.05) is 0 Å². The summed E-state index contributed by atoms with van der Waals surface area (Å²) in [5.41, 5.74) is 0. The van der Waals surface area contributed by atoms with Crippen LogP contribution in [0.2, 0.25) is 0 Å². The van der Waals surface area contributed by atoms with Crippen LogP contribution in [0.5, 0.6) is 0 Å². The van der Waals surface area contributed by atoms with E-state index >= 15 is 0 Å². The Bertz CT molecular complexity index is 14.9. The van der Waals surface area contributed by atoms with Crippen LogP contribution in [0, 0.1) is 0 Å². The van der Waals surface area contributed by atoms with Gasteiger partial charge in [-0.15, -0.1) is 0 Å². The van der Waals surface area contributed by atoms with Gasteiger partial charge in [0.1, 0.15) is 0 Å². The molecule has 0 unspecified atom stereocenters. The zero-order valence-electron chi connectivity index (χ0n) is 5.71. The summed E-state index contributed by atoms with van der Waals surface area (Å²) in [6, 6.07) is 0. The summed E-state index contributed by atoms with van der Waals surface area (Å²) in [4.78, 5) is 0. The standard InChI is InChI=1S/Ba.Na.H2O.Ti.3H/h;;1H2;;;;/q+2;+1;;;3*-1. The van der Waals surface area contributed by atoms with Crippen molar-refractivity contribution in [3.05, 3.63) is 0 Å². The third kappa shape index (κ3) is 8.98. The molecule has 0 rings (SSSR count). The molecule has 0 saturated carbocycles. The van der Waals surface area contributed by atoms with Crippen LogP contribution in [0.3, 0.4) is 0 Å². The number of rotatable bonds is 0. The first-order valence-corrected chi connectivity index (χ1v) is 0. The predicted octanol–water partition coefficient (Wildman–Crippen LogP) is -3.87. The Morgan fingerprint density at radius 3 is 1.25 bits per heavy atom. The molecule has 18 valence electrons. The first-order chi connectivity index (χ1) is 0. The van der Waals surface area contributed by atoms with Crippen LogP contribution in [-0.2, 0) is 21.7 Å². The maximum atomic E-state index is 0. The number of hydrogen-bond donors (Lipinski definition) is 0. The van der Waals surface area contributed by atoms with E-state index in [0.717, 1.165) is 0 Å². The van der Waals surface area contributed by atoms with Gasteiger partial charge in [-0.1, -0.05) is 0 Å². The Kier molecular flexibility index (Phi) is 109. The van der Waals surface area contributed by atoms with E-state index in [1.165, 1.54) is 0 Å². The molecule has 0 saturated heterocycles. The van der Waals surface area contributed by atoms with Crippen molar-refractivity contribution in [2.24, 2.45) is 0 Å². The molecule has 0 heterocycles. The van der Waals surface area contributed by atoms with E-state index in [-0.39, 0.29) is 110 Å². The van der Waals surface area contributed by atoms with Crippen LogP contribution in [0.4, 0.5) is 0 Å². The van der Waals surface area contributed by atoms with Crippen molar-refractivity contribution in [1.82, 2.24) is 0 Å². The van der Waals surface area contributed by atoms with Crippen LogP contribution in [0.1, 0.15) is 4.28 Å². The molecule has 4 heavy (non-hydrogen) atoms. The Hall–Kier alpha value is 3.25. The summed E-state index contributed by atoms with van der Waals surface area (Å²) < 4.78 is 0. The molecule has 0 spiro atoms. The summed E-state index contributed by atoms with van der Waals surface area (Å²) in [7, 11) is 0. The fraction of sp³-hybridized carbons (Fsp3) is 0. The van der Waals surface area contributed by atoms with Gasteiger partial charge in [0.05, 0.1) is 0 Å². The van der Waals surface area contributed by atoms with Crippen LogP contribution >= 0.6 is 0 Å². The average Bonchev–Trinajstić information content (AvgIpc) is 0. The molecular weight excluding hydrogens is 224 g/mol. The molecular formula is H5BaNaOTi. The third-order valence-corrected chi connectivity index (χ3v) is 0. The van der Waals surface area contributed by atoms with Gasteiger partial charge in [0.15, 0.2) is 0 Å². The van der Waals surface area contributed by atoms with Crippen molar-refractivity contribution in [1.29, 1.82) is 0 Å². The van der Waals surface area contributed by atoms with Gasteiger partial charge in [0, 0.05) is 21.7 Å². The molecule has 2 N–H and O–H groups in total. The monoisotopic (exact) mass is 230 g/mol. The predicted molar refractivity (Wildman–Crippen MR) is 12.7 cm³/mol. The molecule has 0 atom stereocenters. The third-order valence-electron chi connectivity index (χ3n) is 0. The second-order valence-corrected chi connectivity index (χ2v) is 0. The second kappa shape index (κ2) is 16.3. The molecule has 0 aromatic heterocycles. The van der Waals surface area contributed by atoms with Gasteiger partial charge in [-0.05, 0) is 0 Å². The largest absolute Gasteiger partial charge is 2.00 e. The summed E-state index contributed by atoms with van der Waals surface area (Å²) >= 11 is 0. The van der Waals surface area contributed by atoms with Crippen LogP contribution in [-0.4, -0.2) is 54.4 Å². The Morgan fingerprint density at radius 1 is 1.25 bits per heavy atom. The molecule has 0 aromatic rings. The summed E-state index contributed by atoms with van der Waals surface area (Å²) in [5, 5.41) is 0. The van der Waals surface area contributed by atoms with Crippen molar-refractivity contribution in [3.63, 3.8) is 0 Å². The zero-order chi connectivity index (χ0) is 0. The minimum Gasteiger partial charge on any atom is -1.00 e. The molecule has 0 bridgehead atoms. The van der Waals surface area contributed by atoms with E-state index in [9.17, 15) is 0 Å². The van der Waals surface area contributed by atoms with Gasteiger partial charge in [0.2, 0.25) is 0 Å². The van der Waals surface area contributed by atoms with E-state index in [4.69, 9.17) is 0 Å². The number of hydrogen-bond acceptors (Lipinski definition) is 0. The van der Waals surface area contributed by atoms with Gasteiger partial charge in [-0.2, -0.15) is 0 Å². The summed E-state index contributed by atoms with van der Waals surface area (Å²) in [6.07, 6.45) is 0. The van der Waals surface area contributed by atoms with E-state index in [1.807, 2.05) is 0 Å². The van der Waals surface area contributed by atoms with Gasteiger partial charge < -0.3 is 9.76 Å². The Balaban J connectivity index is 0. The van der Waals surface area contributed by atoms with Gasteiger partial charge >= 0.3 is 78.4 Å². The normalized spacial score (nSPS) is 0. The summed E-state index contributed by atoms with van der Waals surface area (Å²) in [6.45, 7) is 0. The molecule has 0 aliphatic heterocycles. The Morgan fingerprint density at radius 2 is 1.25 bits per heavy atom. The Labute approximate surface area is 107 Å². The van der Waals surface area contributed by atoms with Crippen molar-refractivity contribution < 1.29 is 61.0 Å². The fourth-order valence-electron chi connectivity index (χ4n) is 0. The van der Waals surface area contributed by atoms with Gasteiger partial charge in [-0.25, -0.2) is 0 Å². The maximum absolute atomic E-state index is 0. The average molecular weight is 229 g/mol. The molecule has 4 heteroatoms. The molecule has 0 amide bonds.